The maximum atomic E-state index is 12.1. The Labute approximate surface area is 115 Å². The van der Waals surface area contributed by atoms with Crippen LogP contribution in [0.5, 0.6) is 0 Å². The van der Waals surface area contributed by atoms with Crippen LogP contribution in [0.25, 0.3) is 0 Å². The molecule has 0 aromatic carbocycles. The number of likely N-dealkylation sites (tertiary alicyclic amines) is 1. The summed E-state index contributed by atoms with van der Waals surface area (Å²) >= 11 is 1.67. The third kappa shape index (κ3) is 3.97. The van der Waals surface area contributed by atoms with Crippen molar-refractivity contribution < 1.29 is 4.79 Å². The topological polar surface area (TPSA) is 32.3 Å². The molecule has 2 fully saturated rings. The van der Waals surface area contributed by atoms with Crippen LogP contribution >= 0.6 is 11.8 Å². The van der Waals surface area contributed by atoms with Crippen LogP contribution in [0.15, 0.2) is 0 Å². The van der Waals surface area contributed by atoms with Gasteiger partial charge in [-0.3, -0.25) is 4.79 Å². The minimum Gasteiger partial charge on any atom is -0.310 e. The number of piperidine rings is 1. The van der Waals surface area contributed by atoms with Crippen molar-refractivity contribution in [2.75, 3.05) is 26.4 Å². The lowest BCUT2D eigenvalue weighted by molar-refractivity contribution is -0.119. The smallest absolute Gasteiger partial charge is 0.145 e. The van der Waals surface area contributed by atoms with Gasteiger partial charge in [0.1, 0.15) is 5.78 Å². The lowest BCUT2D eigenvalue weighted by Gasteiger charge is -2.37. The summed E-state index contributed by atoms with van der Waals surface area (Å²) in [6, 6.07) is 1.26. The van der Waals surface area contributed by atoms with E-state index in [0.29, 0.717) is 17.7 Å². The van der Waals surface area contributed by atoms with Gasteiger partial charge in [-0.15, -0.1) is 0 Å². The predicted octanol–water partition coefficient (Wildman–Crippen LogP) is 1.77. The third-order valence-electron chi connectivity index (χ3n) is 4.26. The van der Waals surface area contributed by atoms with Gasteiger partial charge in [0.05, 0.1) is 5.25 Å². The van der Waals surface area contributed by atoms with Gasteiger partial charge in [-0.1, -0.05) is 0 Å². The first-order valence-electron chi connectivity index (χ1n) is 7.10. The molecule has 0 spiro atoms. The zero-order valence-corrected chi connectivity index (χ0v) is 12.6. The van der Waals surface area contributed by atoms with E-state index in [9.17, 15) is 4.79 Å². The molecule has 3 nitrogen and oxygen atoms in total. The fraction of sp³-hybridized carbons (Fsp3) is 0.929. The van der Waals surface area contributed by atoms with Crippen molar-refractivity contribution in [1.82, 2.24) is 10.2 Å². The van der Waals surface area contributed by atoms with Crippen LogP contribution in [0.3, 0.4) is 0 Å². The van der Waals surface area contributed by atoms with Crippen LogP contribution in [0.1, 0.15) is 32.6 Å². The number of hydrogen-bond acceptors (Lipinski definition) is 4. The van der Waals surface area contributed by atoms with E-state index in [2.05, 4.69) is 17.3 Å². The number of carbonyl (C=O) groups excluding carboxylic acids is 1. The summed E-state index contributed by atoms with van der Waals surface area (Å²) in [6.07, 6.45) is 6.59. The summed E-state index contributed by atoms with van der Waals surface area (Å²) in [5.41, 5.74) is 0. The number of likely N-dealkylation sites (N-methyl/N-ethyl adjacent to an activating group) is 1. The minimum atomic E-state index is 0.159. The maximum absolute atomic E-state index is 12.1. The number of ketones is 1. The molecule has 3 atom stereocenters. The molecule has 1 aliphatic heterocycles. The fourth-order valence-corrected chi connectivity index (χ4v) is 3.06. The molecular weight excluding hydrogens is 244 g/mol. The Morgan fingerprint density at radius 3 is 2.78 bits per heavy atom. The van der Waals surface area contributed by atoms with Gasteiger partial charge in [-0.2, -0.15) is 11.8 Å². The lowest BCUT2D eigenvalue weighted by Crippen LogP contribution is -2.51. The molecule has 2 aliphatic rings. The van der Waals surface area contributed by atoms with Crippen LogP contribution in [0.4, 0.5) is 0 Å². The summed E-state index contributed by atoms with van der Waals surface area (Å²) in [5, 5.41) is 3.89. The van der Waals surface area contributed by atoms with E-state index in [0.717, 1.165) is 32.0 Å². The second-order valence-electron chi connectivity index (χ2n) is 5.91. The van der Waals surface area contributed by atoms with Crippen molar-refractivity contribution in [1.29, 1.82) is 0 Å². The highest BCUT2D eigenvalue weighted by atomic mass is 32.2. The molecule has 18 heavy (non-hydrogen) atoms. The molecule has 0 amide bonds. The molecule has 1 saturated carbocycles. The highest BCUT2D eigenvalue weighted by Gasteiger charge is 2.34. The molecule has 1 aliphatic carbocycles. The Morgan fingerprint density at radius 2 is 2.17 bits per heavy atom. The Hall–Kier alpha value is -0.0600. The summed E-state index contributed by atoms with van der Waals surface area (Å²) in [7, 11) is 2.18. The van der Waals surface area contributed by atoms with E-state index in [4.69, 9.17) is 0 Å². The van der Waals surface area contributed by atoms with E-state index in [1.807, 2.05) is 13.2 Å². The number of carbonyl (C=O) groups is 1. The van der Waals surface area contributed by atoms with Crippen LogP contribution in [0.2, 0.25) is 0 Å². The Balaban J connectivity index is 1.88. The number of nitrogens with one attached hydrogen (secondary N) is 1. The molecule has 0 aromatic rings. The number of nitrogens with zero attached hydrogens (tertiary/aromatic N) is 1. The van der Waals surface area contributed by atoms with Crippen molar-refractivity contribution in [2.24, 2.45) is 5.92 Å². The van der Waals surface area contributed by atoms with Crippen molar-refractivity contribution in [3.8, 4) is 0 Å². The van der Waals surface area contributed by atoms with Crippen LogP contribution in [-0.2, 0) is 4.79 Å². The van der Waals surface area contributed by atoms with E-state index in [1.54, 1.807) is 11.8 Å². The van der Waals surface area contributed by atoms with Crippen LogP contribution in [-0.4, -0.2) is 54.4 Å². The van der Waals surface area contributed by atoms with Gasteiger partial charge in [-0.05, 0) is 52.0 Å². The van der Waals surface area contributed by atoms with Crippen molar-refractivity contribution in [2.45, 2.75) is 49.9 Å². The number of thioether (sulfide) groups is 1. The van der Waals surface area contributed by atoms with Gasteiger partial charge in [-0.25, -0.2) is 0 Å². The van der Waals surface area contributed by atoms with E-state index in [-0.39, 0.29) is 5.25 Å². The van der Waals surface area contributed by atoms with Crippen LogP contribution < -0.4 is 5.32 Å². The molecular formula is C14H26N2OS. The minimum absolute atomic E-state index is 0.159. The first-order chi connectivity index (χ1) is 8.60. The zero-order chi connectivity index (χ0) is 13.1. The Kier molecular flexibility index (Phi) is 5.10. The number of Topliss-reactive ketones (excluding diaryl/α,β-unsaturated/α-hetero) is 1. The molecule has 0 radical (unpaired) electrons. The van der Waals surface area contributed by atoms with Gasteiger partial charge < -0.3 is 10.2 Å². The highest BCUT2D eigenvalue weighted by molar-refractivity contribution is 7.99. The average Bonchev–Trinajstić information content (AvgIpc) is 3.15. The Bertz CT molecular complexity index is 292. The normalized spacial score (nSPS) is 31.3. The molecule has 1 saturated heterocycles. The summed E-state index contributed by atoms with van der Waals surface area (Å²) in [4.78, 5) is 14.5. The molecule has 1 N–H and O–H groups in total. The molecule has 4 heteroatoms. The molecule has 1 heterocycles. The lowest BCUT2D eigenvalue weighted by atomic mass is 9.86. The summed E-state index contributed by atoms with van der Waals surface area (Å²) in [6.45, 7) is 4.27. The van der Waals surface area contributed by atoms with Gasteiger partial charge >= 0.3 is 0 Å². The zero-order valence-electron chi connectivity index (χ0n) is 11.8. The second kappa shape index (κ2) is 6.40. The second-order valence-corrected chi connectivity index (χ2v) is 7.09. The van der Waals surface area contributed by atoms with Gasteiger partial charge in [0.2, 0.25) is 0 Å². The largest absolute Gasteiger partial charge is 0.310 e. The van der Waals surface area contributed by atoms with E-state index < -0.39 is 0 Å². The van der Waals surface area contributed by atoms with Crippen molar-refractivity contribution in [3.63, 3.8) is 0 Å². The average molecular weight is 270 g/mol. The van der Waals surface area contributed by atoms with Crippen molar-refractivity contribution in [3.05, 3.63) is 0 Å². The van der Waals surface area contributed by atoms with Crippen molar-refractivity contribution >= 4 is 17.5 Å². The van der Waals surface area contributed by atoms with E-state index >= 15 is 0 Å². The standard InChI is InChI=1S/C14H26N2OS/c1-10(18-3)14(17)8-11-6-7-16(2)9-13(11)15-12-4-5-12/h10-13,15H,4-9H2,1-3H3. The van der Waals surface area contributed by atoms with E-state index in [1.165, 1.54) is 12.8 Å². The molecule has 104 valence electrons. The quantitative estimate of drug-likeness (QED) is 0.797. The Morgan fingerprint density at radius 1 is 1.44 bits per heavy atom. The maximum Gasteiger partial charge on any atom is 0.145 e. The third-order valence-corrected chi connectivity index (χ3v) is 5.23. The number of rotatable bonds is 6. The van der Waals surface area contributed by atoms with Gasteiger partial charge in [0.15, 0.2) is 0 Å². The fourth-order valence-electron chi connectivity index (χ4n) is 2.71. The molecule has 2 rings (SSSR count). The summed E-state index contributed by atoms with van der Waals surface area (Å²) in [5.74, 6) is 0.976. The molecule has 0 aromatic heterocycles. The molecule has 0 bridgehead atoms. The molecule has 3 unspecified atom stereocenters. The highest BCUT2D eigenvalue weighted by Crippen LogP contribution is 2.27. The number of hydrogen-bond donors (Lipinski definition) is 1. The van der Waals surface area contributed by atoms with Crippen LogP contribution in [0, 0.1) is 5.92 Å². The first-order valence-corrected chi connectivity index (χ1v) is 8.39. The SMILES string of the molecule is CSC(C)C(=O)CC1CCN(C)CC1NC1CC1. The summed E-state index contributed by atoms with van der Waals surface area (Å²) < 4.78 is 0. The van der Waals surface area contributed by atoms with Gasteiger partial charge in [0, 0.05) is 25.0 Å². The van der Waals surface area contributed by atoms with Gasteiger partial charge in [0.25, 0.3) is 0 Å². The first kappa shape index (κ1) is 14.4. The monoisotopic (exact) mass is 270 g/mol. The predicted molar refractivity (Wildman–Crippen MR) is 78.2 cm³/mol.